The zero-order valence-corrected chi connectivity index (χ0v) is 19.8. The molecule has 33 heavy (non-hydrogen) atoms. The number of rotatable bonds is 8. The summed E-state index contributed by atoms with van der Waals surface area (Å²) in [4.78, 5) is 16.9. The molecule has 0 aliphatic rings. The summed E-state index contributed by atoms with van der Waals surface area (Å²) in [7, 11) is 0. The molecule has 4 aromatic rings. The van der Waals surface area contributed by atoms with E-state index in [-0.39, 0.29) is 11.7 Å². The monoisotopic (exact) mass is 457 g/mol. The van der Waals surface area contributed by atoms with Crippen molar-refractivity contribution in [3.8, 4) is 17.1 Å². The number of aromatic nitrogens is 4. The van der Waals surface area contributed by atoms with Crippen molar-refractivity contribution in [1.29, 1.82) is 0 Å². The quantitative estimate of drug-likeness (QED) is 0.334. The van der Waals surface area contributed by atoms with Gasteiger partial charge in [0.25, 0.3) is 0 Å². The summed E-state index contributed by atoms with van der Waals surface area (Å²) in [5.74, 6) is 1.25. The Balaban J connectivity index is 1.57. The number of hydrogen-bond donors (Lipinski definition) is 1. The van der Waals surface area contributed by atoms with Gasteiger partial charge in [-0.25, -0.2) is 0 Å². The maximum Gasteiger partial charge on any atom is 0.234 e. The van der Waals surface area contributed by atoms with Gasteiger partial charge in [-0.05, 0) is 55.2 Å². The first-order valence-corrected chi connectivity index (χ1v) is 12.0. The van der Waals surface area contributed by atoms with Gasteiger partial charge in [-0.3, -0.25) is 14.3 Å². The molecule has 0 aliphatic heterocycles. The molecule has 1 N–H and O–H groups in total. The van der Waals surface area contributed by atoms with Crippen molar-refractivity contribution >= 4 is 23.4 Å². The molecule has 168 valence electrons. The van der Waals surface area contributed by atoms with Crippen LogP contribution in [0.3, 0.4) is 0 Å². The van der Waals surface area contributed by atoms with E-state index in [2.05, 4.69) is 59.5 Å². The molecular weight excluding hydrogens is 430 g/mol. The lowest BCUT2D eigenvalue weighted by Crippen LogP contribution is -2.16. The Kier molecular flexibility index (Phi) is 7.19. The molecule has 2 heterocycles. The van der Waals surface area contributed by atoms with Crippen molar-refractivity contribution in [3.05, 3.63) is 84.2 Å². The van der Waals surface area contributed by atoms with Crippen LogP contribution >= 0.6 is 11.8 Å². The Morgan fingerprint density at radius 3 is 2.48 bits per heavy atom. The maximum atomic E-state index is 12.8. The van der Waals surface area contributed by atoms with E-state index in [1.54, 1.807) is 12.4 Å². The Labute approximate surface area is 198 Å². The lowest BCUT2D eigenvalue weighted by Gasteiger charge is -2.15. The van der Waals surface area contributed by atoms with Crippen molar-refractivity contribution in [1.82, 2.24) is 19.7 Å². The van der Waals surface area contributed by atoms with Gasteiger partial charge in [0.1, 0.15) is 0 Å². The summed E-state index contributed by atoms with van der Waals surface area (Å²) in [6.07, 6.45) is 4.48. The molecular formula is C26H27N5OS. The van der Waals surface area contributed by atoms with Gasteiger partial charge in [0, 0.05) is 29.3 Å². The van der Waals surface area contributed by atoms with E-state index in [4.69, 9.17) is 0 Å². The first kappa shape index (κ1) is 22.7. The van der Waals surface area contributed by atoms with Crippen LogP contribution in [-0.2, 0) is 4.79 Å². The standard InChI is InChI=1S/C26H27N5OS/c1-4-19(3)22-7-5-6-8-23(22)28-24(32)17-33-26-30-29-25(20-13-15-27-16-14-20)31(26)21-11-9-18(2)10-12-21/h5-16,19H,4,17H2,1-3H3,(H,28,32). The molecule has 1 atom stereocenters. The van der Waals surface area contributed by atoms with Crippen molar-refractivity contribution in [2.45, 2.75) is 38.3 Å². The van der Waals surface area contributed by atoms with Gasteiger partial charge in [-0.2, -0.15) is 0 Å². The summed E-state index contributed by atoms with van der Waals surface area (Å²) in [6, 6.07) is 20.0. The minimum atomic E-state index is -0.0697. The molecule has 2 aromatic heterocycles. The van der Waals surface area contributed by atoms with E-state index < -0.39 is 0 Å². The van der Waals surface area contributed by atoms with Crippen molar-refractivity contribution in [3.63, 3.8) is 0 Å². The van der Waals surface area contributed by atoms with E-state index in [9.17, 15) is 4.79 Å². The smallest absolute Gasteiger partial charge is 0.234 e. The molecule has 0 radical (unpaired) electrons. The number of nitrogens with one attached hydrogen (secondary N) is 1. The van der Waals surface area contributed by atoms with Gasteiger partial charge < -0.3 is 5.32 Å². The van der Waals surface area contributed by atoms with Gasteiger partial charge in [-0.1, -0.05) is 61.5 Å². The number of carbonyl (C=O) groups excluding carboxylic acids is 1. The molecule has 1 unspecified atom stereocenters. The number of nitrogens with zero attached hydrogens (tertiary/aromatic N) is 4. The number of thioether (sulfide) groups is 1. The van der Waals surface area contributed by atoms with Crippen molar-refractivity contribution in [2.75, 3.05) is 11.1 Å². The first-order valence-electron chi connectivity index (χ1n) is 11.0. The number of aryl methyl sites for hydroxylation is 1. The number of pyridine rings is 1. The maximum absolute atomic E-state index is 12.8. The van der Waals surface area contributed by atoms with Crippen LogP contribution in [-0.4, -0.2) is 31.4 Å². The number of amides is 1. The molecule has 0 aliphatic carbocycles. The highest BCUT2D eigenvalue weighted by Crippen LogP contribution is 2.29. The molecule has 1 amide bonds. The van der Waals surface area contributed by atoms with Crippen LogP contribution in [0.4, 0.5) is 5.69 Å². The molecule has 2 aromatic carbocycles. The molecule has 4 rings (SSSR count). The topological polar surface area (TPSA) is 72.7 Å². The number of benzene rings is 2. The summed E-state index contributed by atoms with van der Waals surface area (Å²) >= 11 is 1.37. The highest BCUT2D eigenvalue weighted by atomic mass is 32.2. The normalized spacial score (nSPS) is 11.8. The molecule has 7 heteroatoms. The third-order valence-corrected chi connectivity index (χ3v) is 6.50. The van der Waals surface area contributed by atoms with Gasteiger partial charge in [-0.15, -0.1) is 10.2 Å². The minimum Gasteiger partial charge on any atom is -0.325 e. The first-order chi connectivity index (χ1) is 16.1. The van der Waals surface area contributed by atoms with Crippen LogP contribution in [0.1, 0.15) is 37.3 Å². The highest BCUT2D eigenvalue weighted by Gasteiger charge is 2.18. The average Bonchev–Trinajstić information content (AvgIpc) is 3.27. The fourth-order valence-corrected chi connectivity index (χ4v) is 4.31. The van der Waals surface area contributed by atoms with Gasteiger partial charge in [0.15, 0.2) is 11.0 Å². The lowest BCUT2D eigenvalue weighted by atomic mass is 9.97. The number of para-hydroxylation sites is 1. The number of carbonyl (C=O) groups is 1. The minimum absolute atomic E-state index is 0.0697. The SMILES string of the molecule is CCC(C)c1ccccc1NC(=O)CSc1nnc(-c2ccncc2)n1-c1ccc(C)cc1. The van der Waals surface area contributed by atoms with E-state index in [0.29, 0.717) is 16.9 Å². The molecule has 0 fully saturated rings. The second-order valence-electron chi connectivity index (χ2n) is 7.95. The Bertz CT molecular complexity index is 1220. The van der Waals surface area contributed by atoms with Crippen LogP contribution in [0.25, 0.3) is 17.1 Å². The number of anilines is 1. The van der Waals surface area contributed by atoms with E-state index >= 15 is 0 Å². The summed E-state index contributed by atoms with van der Waals surface area (Å²) in [5.41, 5.74) is 5.06. The second-order valence-corrected chi connectivity index (χ2v) is 8.89. The average molecular weight is 458 g/mol. The fraction of sp³-hybridized carbons (Fsp3) is 0.231. The number of hydrogen-bond acceptors (Lipinski definition) is 5. The zero-order chi connectivity index (χ0) is 23.2. The molecule has 0 spiro atoms. The van der Waals surface area contributed by atoms with Gasteiger partial charge in [0.05, 0.1) is 5.75 Å². The van der Waals surface area contributed by atoms with Crippen molar-refractivity contribution in [2.24, 2.45) is 0 Å². The van der Waals surface area contributed by atoms with Crippen LogP contribution in [0, 0.1) is 6.92 Å². The fourth-order valence-electron chi connectivity index (χ4n) is 3.55. The Morgan fingerprint density at radius 2 is 1.76 bits per heavy atom. The molecule has 6 nitrogen and oxygen atoms in total. The second kappa shape index (κ2) is 10.4. The predicted octanol–water partition coefficient (Wildman–Crippen LogP) is 5.88. The largest absolute Gasteiger partial charge is 0.325 e. The van der Waals surface area contributed by atoms with Crippen molar-refractivity contribution < 1.29 is 4.79 Å². The van der Waals surface area contributed by atoms with Crippen LogP contribution in [0.5, 0.6) is 0 Å². The summed E-state index contributed by atoms with van der Waals surface area (Å²) in [5, 5.41) is 12.6. The predicted molar refractivity (Wildman–Crippen MR) is 134 cm³/mol. The van der Waals surface area contributed by atoms with Gasteiger partial charge in [0.2, 0.25) is 5.91 Å². The summed E-state index contributed by atoms with van der Waals surface area (Å²) in [6.45, 7) is 6.37. The molecule has 0 saturated carbocycles. The highest BCUT2D eigenvalue weighted by molar-refractivity contribution is 7.99. The molecule has 0 bridgehead atoms. The zero-order valence-electron chi connectivity index (χ0n) is 19.0. The lowest BCUT2D eigenvalue weighted by molar-refractivity contribution is -0.113. The third-order valence-electron chi connectivity index (χ3n) is 5.57. The molecule has 0 saturated heterocycles. The summed E-state index contributed by atoms with van der Waals surface area (Å²) < 4.78 is 1.99. The van der Waals surface area contributed by atoms with Crippen LogP contribution < -0.4 is 5.32 Å². The van der Waals surface area contributed by atoms with E-state index in [1.165, 1.54) is 17.3 Å². The van der Waals surface area contributed by atoms with E-state index in [0.717, 1.165) is 28.9 Å². The van der Waals surface area contributed by atoms with Crippen LogP contribution in [0.2, 0.25) is 0 Å². The third kappa shape index (κ3) is 5.31. The Morgan fingerprint density at radius 1 is 1.03 bits per heavy atom. The Hall–Kier alpha value is -3.45. The van der Waals surface area contributed by atoms with Gasteiger partial charge >= 0.3 is 0 Å². The van der Waals surface area contributed by atoms with E-state index in [1.807, 2.05) is 47.0 Å². The van der Waals surface area contributed by atoms with Crippen LogP contribution in [0.15, 0.2) is 78.2 Å².